The fourth-order valence-corrected chi connectivity index (χ4v) is 4.41. The van der Waals surface area contributed by atoms with Gasteiger partial charge in [-0.1, -0.05) is 12.1 Å². The summed E-state index contributed by atoms with van der Waals surface area (Å²) in [5.41, 5.74) is 1.64. The predicted molar refractivity (Wildman–Crippen MR) is 131 cm³/mol. The normalized spacial score (nSPS) is 14.8. The molecule has 1 N–H and O–H groups in total. The molecule has 0 bridgehead atoms. The van der Waals surface area contributed by atoms with Gasteiger partial charge in [-0.05, 0) is 45.7 Å². The zero-order valence-electron chi connectivity index (χ0n) is 20.6. The number of benzene rings is 1. The van der Waals surface area contributed by atoms with Crippen molar-refractivity contribution in [2.75, 3.05) is 20.2 Å². The molecule has 1 amide bonds. The third-order valence-corrected chi connectivity index (χ3v) is 6.09. The number of nitrogens with one attached hydrogen (secondary N) is 1. The number of hydrogen-bond acceptors (Lipinski definition) is 8. The highest BCUT2D eigenvalue weighted by molar-refractivity contribution is 5.72. The summed E-state index contributed by atoms with van der Waals surface area (Å²) in [5.74, 6) is 1.20. The lowest BCUT2D eigenvalue weighted by molar-refractivity contribution is 0.0203. The number of carbonyl (C=O) groups is 1. The van der Waals surface area contributed by atoms with Gasteiger partial charge in [0.1, 0.15) is 22.6 Å². The minimum Gasteiger partial charge on any atom is -0.496 e. The summed E-state index contributed by atoms with van der Waals surface area (Å²) in [7, 11) is 1.58. The monoisotopic (exact) mass is 492 g/mol. The van der Waals surface area contributed by atoms with Crippen molar-refractivity contribution in [1.29, 1.82) is 0 Å². The van der Waals surface area contributed by atoms with E-state index < -0.39 is 5.60 Å². The van der Waals surface area contributed by atoms with Crippen molar-refractivity contribution in [3.63, 3.8) is 0 Å². The Hall–Kier alpha value is -4.15. The molecule has 0 spiro atoms. The summed E-state index contributed by atoms with van der Waals surface area (Å²) in [6.45, 7) is 6.62. The van der Waals surface area contributed by atoms with Crippen LogP contribution in [0.15, 0.2) is 45.7 Å². The van der Waals surface area contributed by atoms with Crippen LogP contribution in [0.5, 0.6) is 5.75 Å². The highest BCUT2D eigenvalue weighted by atomic mass is 16.6. The van der Waals surface area contributed by atoms with Crippen LogP contribution in [0.3, 0.4) is 0 Å². The van der Waals surface area contributed by atoms with Crippen LogP contribution in [0.2, 0.25) is 0 Å². The van der Waals surface area contributed by atoms with Gasteiger partial charge >= 0.3 is 6.09 Å². The number of piperidine rings is 1. The molecule has 188 valence electrons. The minimum absolute atomic E-state index is 0.0491. The quantitative estimate of drug-likeness (QED) is 0.455. The summed E-state index contributed by atoms with van der Waals surface area (Å²) >= 11 is 0. The van der Waals surface area contributed by atoms with E-state index in [-0.39, 0.29) is 23.5 Å². The largest absolute Gasteiger partial charge is 0.496 e. The number of aromatic nitrogens is 5. The van der Waals surface area contributed by atoms with E-state index in [1.807, 2.05) is 45.0 Å². The summed E-state index contributed by atoms with van der Waals surface area (Å²) in [6.07, 6.45) is 2.65. The Kier molecular flexibility index (Phi) is 5.99. The first kappa shape index (κ1) is 23.6. The number of ether oxygens (including phenoxy) is 2. The molecular formula is C25H28N6O5. The zero-order valence-corrected chi connectivity index (χ0v) is 20.6. The number of methoxy groups -OCH3 is 1. The topological polar surface area (TPSA) is 128 Å². The number of amides is 1. The first-order chi connectivity index (χ1) is 17.2. The van der Waals surface area contributed by atoms with Gasteiger partial charge in [-0.2, -0.15) is 5.10 Å². The average molecular weight is 493 g/mol. The summed E-state index contributed by atoms with van der Waals surface area (Å²) in [5, 5.41) is 12.9. The fourth-order valence-electron chi connectivity index (χ4n) is 4.41. The molecule has 1 aliphatic heterocycles. The number of fused-ring (bicyclic) bond motifs is 1. The van der Waals surface area contributed by atoms with Crippen LogP contribution in [-0.2, 0) is 4.74 Å². The maximum Gasteiger partial charge on any atom is 0.410 e. The molecular weight excluding hydrogens is 464 g/mol. The van der Waals surface area contributed by atoms with Crippen molar-refractivity contribution in [2.45, 2.75) is 45.1 Å². The van der Waals surface area contributed by atoms with Crippen LogP contribution < -0.4 is 10.3 Å². The van der Waals surface area contributed by atoms with Gasteiger partial charge in [0.05, 0.1) is 24.6 Å². The van der Waals surface area contributed by atoms with Crippen molar-refractivity contribution in [2.24, 2.45) is 0 Å². The number of nitrogens with zero attached hydrogens (tertiary/aromatic N) is 5. The first-order valence-corrected chi connectivity index (χ1v) is 11.8. The van der Waals surface area contributed by atoms with Crippen molar-refractivity contribution in [3.05, 3.63) is 52.6 Å². The molecule has 11 nitrogen and oxygen atoms in total. The standard InChI is InChI=1S/C25H28N6O5/c1-25(2,3)36-24(33)30-11-9-15(10-12-30)18-13-20(32)27-21-17(14-26-31(18)21)23-29-28-22(35-23)16-7-5-6-8-19(16)34-4/h5-8,13-15H,9-12H2,1-4H3,(H,27,32). The molecule has 1 fully saturated rings. The molecule has 11 heteroatoms. The lowest BCUT2D eigenvalue weighted by Crippen LogP contribution is -2.41. The van der Waals surface area contributed by atoms with Crippen LogP contribution in [-0.4, -0.2) is 61.6 Å². The Labute approximate surface area is 207 Å². The molecule has 36 heavy (non-hydrogen) atoms. The molecule has 5 rings (SSSR count). The number of aromatic amines is 1. The Balaban J connectivity index is 1.42. The van der Waals surface area contributed by atoms with Gasteiger partial charge in [-0.25, -0.2) is 9.31 Å². The number of carbonyl (C=O) groups excluding carboxylic acids is 1. The van der Waals surface area contributed by atoms with Gasteiger partial charge in [0.2, 0.25) is 0 Å². The van der Waals surface area contributed by atoms with Crippen LogP contribution >= 0.6 is 0 Å². The van der Waals surface area contributed by atoms with Gasteiger partial charge in [0.25, 0.3) is 17.3 Å². The van der Waals surface area contributed by atoms with Gasteiger partial charge in [-0.15, -0.1) is 10.2 Å². The number of likely N-dealkylation sites (tertiary alicyclic amines) is 1. The molecule has 0 atom stereocenters. The molecule has 1 aromatic carbocycles. The molecule has 1 aliphatic rings. The Morgan fingerprint density at radius 1 is 1.11 bits per heavy atom. The van der Waals surface area contributed by atoms with Gasteiger partial charge in [0.15, 0.2) is 0 Å². The van der Waals surface area contributed by atoms with Gasteiger partial charge < -0.3 is 23.8 Å². The van der Waals surface area contributed by atoms with E-state index in [1.54, 1.807) is 28.8 Å². The highest BCUT2D eigenvalue weighted by Gasteiger charge is 2.29. The fraction of sp³-hybridized carbons (Fsp3) is 0.400. The number of para-hydroxylation sites is 1. The number of rotatable bonds is 4. The van der Waals surface area contributed by atoms with Crippen LogP contribution in [0, 0.1) is 0 Å². The summed E-state index contributed by atoms with van der Waals surface area (Å²) < 4.78 is 18.5. The van der Waals surface area contributed by atoms with Gasteiger partial charge in [-0.3, -0.25) is 4.79 Å². The lowest BCUT2D eigenvalue weighted by Gasteiger charge is -2.33. The Bertz CT molecular complexity index is 1460. The van der Waals surface area contributed by atoms with Crippen LogP contribution in [0.25, 0.3) is 28.6 Å². The second-order valence-electron chi connectivity index (χ2n) is 9.73. The molecule has 0 radical (unpaired) electrons. The van der Waals surface area contributed by atoms with E-state index in [4.69, 9.17) is 13.9 Å². The van der Waals surface area contributed by atoms with E-state index >= 15 is 0 Å². The average Bonchev–Trinajstić information content (AvgIpc) is 3.50. The van der Waals surface area contributed by atoms with E-state index in [9.17, 15) is 9.59 Å². The zero-order chi connectivity index (χ0) is 25.4. The molecule has 0 saturated carbocycles. The third kappa shape index (κ3) is 4.56. The van der Waals surface area contributed by atoms with Crippen molar-refractivity contribution in [1.82, 2.24) is 29.7 Å². The number of hydrogen-bond donors (Lipinski definition) is 1. The molecule has 0 unspecified atom stereocenters. The van der Waals surface area contributed by atoms with Crippen molar-refractivity contribution in [3.8, 4) is 28.7 Å². The van der Waals surface area contributed by atoms with E-state index in [2.05, 4.69) is 20.3 Å². The SMILES string of the molecule is COc1ccccc1-c1nnc(-c2cnn3c(C4CCN(C(=O)OC(C)(C)C)CC4)cc(=O)[nH]c23)o1. The van der Waals surface area contributed by atoms with Crippen molar-refractivity contribution >= 4 is 11.7 Å². The van der Waals surface area contributed by atoms with Crippen LogP contribution in [0.1, 0.15) is 45.2 Å². The maximum atomic E-state index is 12.6. The Morgan fingerprint density at radius 3 is 2.50 bits per heavy atom. The molecule has 4 heterocycles. The minimum atomic E-state index is -0.543. The second-order valence-corrected chi connectivity index (χ2v) is 9.73. The second kappa shape index (κ2) is 9.14. The summed E-state index contributed by atoms with van der Waals surface area (Å²) in [6, 6.07) is 8.91. The van der Waals surface area contributed by atoms with E-state index in [0.29, 0.717) is 54.3 Å². The maximum absolute atomic E-state index is 12.6. The molecule has 1 saturated heterocycles. The highest BCUT2D eigenvalue weighted by Crippen LogP contribution is 2.33. The smallest absolute Gasteiger partial charge is 0.410 e. The van der Waals surface area contributed by atoms with E-state index in [1.165, 1.54) is 0 Å². The Morgan fingerprint density at radius 2 is 1.81 bits per heavy atom. The first-order valence-electron chi connectivity index (χ1n) is 11.8. The lowest BCUT2D eigenvalue weighted by atomic mass is 9.93. The summed E-state index contributed by atoms with van der Waals surface area (Å²) in [4.78, 5) is 29.6. The number of H-pyrrole nitrogens is 1. The molecule has 4 aromatic rings. The predicted octanol–water partition coefficient (Wildman–Crippen LogP) is 3.86. The molecule has 0 aliphatic carbocycles. The third-order valence-electron chi connectivity index (χ3n) is 6.09. The molecule has 3 aromatic heterocycles. The van der Waals surface area contributed by atoms with Crippen molar-refractivity contribution < 1.29 is 18.7 Å². The van der Waals surface area contributed by atoms with Crippen LogP contribution in [0.4, 0.5) is 4.79 Å². The van der Waals surface area contributed by atoms with Gasteiger partial charge in [0, 0.05) is 25.1 Å². The van der Waals surface area contributed by atoms with E-state index in [0.717, 1.165) is 5.69 Å².